The Morgan fingerprint density at radius 2 is 1.67 bits per heavy atom. The minimum absolute atomic E-state index is 0.00273. The Morgan fingerprint density at radius 1 is 0.952 bits per heavy atom. The molecule has 1 aromatic heterocycles. The van der Waals surface area contributed by atoms with E-state index in [4.69, 9.17) is 0 Å². The normalized spacial score (nSPS) is 10.1. The van der Waals surface area contributed by atoms with Gasteiger partial charge in [0.15, 0.2) is 0 Å². The molecule has 0 aliphatic rings. The SMILES string of the molecule is O=C(CNC(=O)c1ccccc1)NCCCn1cccc1. The Kier molecular flexibility index (Phi) is 5.58. The molecule has 1 heterocycles. The third kappa shape index (κ3) is 5.14. The highest BCUT2D eigenvalue weighted by atomic mass is 16.2. The lowest BCUT2D eigenvalue weighted by Gasteiger charge is -2.07. The van der Waals surface area contributed by atoms with E-state index in [1.54, 1.807) is 24.3 Å². The zero-order valence-corrected chi connectivity index (χ0v) is 11.8. The number of rotatable bonds is 7. The van der Waals surface area contributed by atoms with Crippen LogP contribution in [-0.2, 0) is 11.3 Å². The summed E-state index contributed by atoms with van der Waals surface area (Å²) >= 11 is 0. The zero-order chi connectivity index (χ0) is 14.9. The first-order chi connectivity index (χ1) is 10.3. The molecule has 21 heavy (non-hydrogen) atoms. The molecular weight excluding hydrogens is 266 g/mol. The fourth-order valence-electron chi connectivity index (χ4n) is 1.92. The predicted octanol–water partition coefficient (Wildman–Crippen LogP) is 1.42. The largest absolute Gasteiger partial charge is 0.355 e. The summed E-state index contributed by atoms with van der Waals surface area (Å²) in [4.78, 5) is 23.3. The second-order valence-electron chi connectivity index (χ2n) is 4.67. The molecule has 0 aliphatic heterocycles. The van der Waals surface area contributed by atoms with E-state index in [-0.39, 0.29) is 18.4 Å². The maximum Gasteiger partial charge on any atom is 0.251 e. The number of hydrogen-bond acceptors (Lipinski definition) is 2. The number of benzene rings is 1. The monoisotopic (exact) mass is 285 g/mol. The summed E-state index contributed by atoms with van der Waals surface area (Å²) in [5.41, 5.74) is 0.554. The molecule has 0 saturated carbocycles. The van der Waals surface area contributed by atoms with Crippen LogP contribution in [0.2, 0.25) is 0 Å². The lowest BCUT2D eigenvalue weighted by molar-refractivity contribution is -0.120. The second kappa shape index (κ2) is 7.89. The van der Waals surface area contributed by atoms with E-state index >= 15 is 0 Å². The van der Waals surface area contributed by atoms with Crippen LogP contribution in [0.4, 0.5) is 0 Å². The van der Waals surface area contributed by atoms with Gasteiger partial charge < -0.3 is 15.2 Å². The predicted molar refractivity (Wildman–Crippen MR) is 80.8 cm³/mol. The lowest BCUT2D eigenvalue weighted by Crippen LogP contribution is -2.37. The molecule has 5 nitrogen and oxygen atoms in total. The first-order valence-electron chi connectivity index (χ1n) is 6.96. The lowest BCUT2D eigenvalue weighted by atomic mass is 10.2. The highest BCUT2D eigenvalue weighted by Crippen LogP contribution is 1.97. The number of nitrogens with zero attached hydrogens (tertiary/aromatic N) is 1. The number of carbonyl (C=O) groups excluding carboxylic acids is 2. The Labute approximate surface area is 124 Å². The van der Waals surface area contributed by atoms with Gasteiger partial charge in [-0.15, -0.1) is 0 Å². The fraction of sp³-hybridized carbons (Fsp3) is 0.250. The molecule has 2 N–H and O–H groups in total. The molecule has 110 valence electrons. The van der Waals surface area contributed by atoms with E-state index < -0.39 is 0 Å². The van der Waals surface area contributed by atoms with Gasteiger partial charge in [0.25, 0.3) is 5.91 Å². The fourth-order valence-corrected chi connectivity index (χ4v) is 1.92. The summed E-state index contributed by atoms with van der Waals surface area (Å²) in [7, 11) is 0. The third-order valence-corrected chi connectivity index (χ3v) is 3.03. The quantitative estimate of drug-likeness (QED) is 0.756. The van der Waals surface area contributed by atoms with Crippen LogP contribution in [0.15, 0.2) is 54.9 Å². The minimum atomic E-state index is -0.238. The van der Waals surface area contributed by atoms with E-state index in [0.717, 1.165) is 13.0 Å². The maximum absolute atomic E-state index is 11.7. The number of aromatic nitrogens is 1. The van der Waals surface area contributed by atoms with E-state index in [2.05, 4.69) is 15.2 Å². The van der Waals surface area contributed by atoms with Gasteiger partial charge in [0.05, 0.1) is 6.54 Å². The molecule has 0 radical (unpaired) electrons. The van der Waals surface area contributed by atoms with Crippen molar-refractivity contribution in [2.45, 2.75) is 13.0 Å². The average Bonchev–Trinajstić information content (AvgIpc) is 3.03. The Morgan fingerprint density at radius 3 is 2.38 bits per heavy atom. The van der Waals surface area contributed by atoms with Crippen LogP contribution >= 0.6 is 0 Å². The van der Waals surface area contributed by atoms with E-state index in [0.29, 0.717) is 12.1 Å². The van der Waals surface area contributed by atoms with Crippen molar-refractivity contribution in [3.8, 4) is 0 Å². The molecule has 5 heteroatoms. The molecule has 2 aromatic rings. The zero-order valence-electron chi connectivity index (χ0n) is 11.8. The number of aryl methyl sites for hydroxylation is 1. The van der Waals surface area contributed by atoms with Crippen LogP contribution in [0.1, 0.15) is 16.8 Å². The number of amides is 2. The van der Waals surface area contributed by atoms with Gasteiger partial charge in [-0.25, -0.2) is 0 Å². The van der Waals surface area contributed by atoms with Crippen molar-refractivity contribution in [1.82, 2.24) is 15.2 Å². The number of hydrogen-bond donors (Lipinski definition) is 2. The van der Waals surface area contributed by atoms with Gasteiger partial charge >= 0.3 is 0 Å². The molecule has 0 bridgehead atoms. The Bertz CT molecular complexity index is 564. The molecule has 0 aliphatic carbocycles. The van der Waals surface area contributed by atoms with Gasteiger partial charge in [0.2, 0.25) is 5.91 Å². The van der Waals surface area contributed by atoms with Crippen molar-refractivity contribution in [1.29, 1.82) is 0 Å². The van der Waals surface area contributed by atoms with Gasteiger partial charge in [0.1, 0.15) is 0 Å². The highest BCUT2D eigenvalue weighted by Gasteiger charge is 2.06. The van der Waals surface area contributed by atoms with Crippen molar-refractivity contribution in [2.75, 3.05) is 13.1 Å². The van der Waals surface area contributed by atoms with Crippen LogP contribution in [0, 0.1) is 0 Å². The minimum Gasteiger partial charge on any atom is -0.355 e. The summed E-state index contributed by atoms with van der Waals surface area (Å²) in [6, 6.07) is 12.8. The third-order valence-electron chi connectivity index (χ3n) is 3.03. The van der Waals surface area contributed by atoms with Crippen LogP contribution in [-0.4, -0.2) is 29.5 Å². The van der Waals surface area contributed by atoms with Gasteiger partial charge in [-0.3, -0.25) is 9.59 Å². The van der Waals surface area contributed by atoms with Crippen LogP contribution in [0.25, 0.3) is 0 Å². The first kappa shape index (κ1) is 14.8. The van der Waals surface area contributed by atoms with Crippen molar-refractivity contribution in [3.63, 3.8) is 0 Å². The van der Waals surface area contributed by atoms with Crippen LogP contribution < -0.4 is 10.6 Å². The highest BCUT2D eigenvalue weighted by molar-refractivity contribution is 5.96. The van der Waals surface area contributed by atoms with Gasteiger partial charge in [-0.2, -0.15) is 0 Å². The van der Waals surface area contributed by atoms with Crippen LogP contribution in [0.5, 0.6) is 0 Å². The molecule has 1 aromatic carbocycles. The molecule has 0 fully saturated rings. The molecule has 2 amide bonds. The average molecular weight is 285 g/mol. The van der Waals surface area contributed by atoms with Gasteiger partial charge in [0, 0.05) is 31.0 Å². The Hall–Kier alpha value is -2.56. The molecular formula is C16H19N3O2. The van der Waals surface area contributed by atoms with Crippen molar-refractivity contribution >= 4 is 11.8 Å². The number of nitrogens with one attached hydrogen (secondary N) is 2. The second-order valence-corrected chi connectivity index (χ2v) is 4.67. The summed E-state index contributed by atoms with van der Waals surface area (Å²) in [6.45, 7) is 1.46. The van der Waals surface area contributed by atoms with E-state index in [1.165, 1.54) is 0 Å². The summed E-state index contributed by atoms with van der Waals surface area (Å²) in [5, 5.41) is 5.38. The van der Waals surface area contributed by atoms with E-state index in [1.807, 2.05) is 30.6 Å². The van der Waals surface area contributed by atoms with Crippen molar-refractivity contribution in [2.24, 2.45) is 0 Å². The molecule has 0 spiro atoms. The molecule has 0 unspecified atom stereocenters. The smallest absolute Gasteiger partial charge is 0.251 e. The summed E-state index contributed by atoms with van der Waals surface area (Å²) in [6.07, 6.45) is 4.83. The van der Waals surface area contributed by atoms with Crippen molar-refractivity contribution < 1.29 is 9.59 Å². The topological polar surface area (TPSA) is 63.1 Å². The first-order valence-corrected chi connectivity index (χ1v) is 6.96. The molecule has 2 rings (SSSR count). The van der Waals surface area contributed by atoms with Gasteiger partial charge in [-0.05, 0) is 30.7 Å². The van der Waals surface area contributed by atoms with E-state index in [9.17, 15) is 9.59 Å². The van der Waals surface area contributed by atoms with Crippen molar-refractivity contribution in [3.05, 3.63) is 60.4 Å². The molecule has 0 saturated heterocycles. The standard InChI is InChI=1S/C16H19N3O2/c20-15(17-9-6-12-19-10-4-5-11-19)13-18-16(21)14-7-2-1-3-8-14/h1-5,7-8,10-11H,6,9,12-13H2,(H,17,20)(H,18,21). The summed E-state index contributed by atoms with van der Waals surface area (Å²) in [5.74, 6) is -0.412. The molecule has 0 atom stereocenters. The van der Waals surface area contributed by atoms with Crippen LogP contribution in [0.3, 0.4) is 0 Å². The maximum atomic E-state index is 11.7. The Balaban J connectivity index is 1.60. The summed E-state index contributed by atoms with van der Waals surface area (Å²) < 4.78 is 2.06. The number of carbonyl (C=O) groups is 2. The van der Waals surface area contributed by atoms with Gasteiger partial charge in [-0.1, -0.05) is 18.2 Å².